The van der Waals surface area contributed by atoms with Crippen molar-refractivity contribution in [2.75, 3.05) is 0 Å². The van der Waals surface area contributed by atoms with Crippen LogP contribution >= 0.6 is 11.6 Å². The summed E-state index contributed by atoms with van der Waals surface area (Å²) in [5.41, 5.74) is 0.589. The van der Waals surface area contributed by atoms with E-state index in [0.717, 1.165) is 5.56 Å². The summed E-state index contributed by atoms with van der Waals surface area (Å²) < 4.78 is 5.54. The van der Waals surface area contributed by atoms with Crippen molar-refractivity contribution in [3.05, 3.63) is 68.7 Å². The Morgan fingerprint density at radius 3 is 2.62 bits per heavy atom. The third kappa shape index (κ3) is 3.58. The third-order valence-corrected chi connectivity index (χ3v) is 3.26. The number of carbonyl (C=O) groups is 1. The minimum absolute atomic E-state index is 0.0247. The number of halogens is 1. The maximum absolute atomic E-state index is 11.5. The number of hydrogen-bond acceptors (Lipinski definition) is 4. The Bertz CT molecular complexity index is 700. The highest BCUT2D eigenvalue weighted by Gasteiger charge is 2.18. The fraction of sp³-hybridized carbons (Fsp3) is 0.133. The minimum atomic E-state index is -0.589. The van der Waals surface area contributed by atoms with Crippen LogP contribution in [0.4, 0.5) is 5.69 Å². The van der Waals surface area contributed by atoms with Crippen molar-refractivity contribution in [1.29, 1.82) is 0 Å². The van der Waals surface area contributed by atoms with Crippen LogP contribution in [0.3, 0.4) is 0 Å². The number of Topliss-reactive ketones (excluding diaryl/α,β-unsaturated/α-hetero) is 1. The standard InChI is InChI=1S/C15H12ClNO4/c1-10(18)13-8-12(6-7-15(13)17(19)20)21-9-11-4-2-3-5-14(11)16/h2-8H,9H2,1H3. The van der Waals surface area contributed by atoms with Crippen molar-refractivity contribution in [1.82, 2.24) is 0 Å². The summed E-state index contributed by atoms with van der Waals surface area (Å²) in [6, 6.07) is 11.3. The maximum atomic E-state index is 11.5. The zero-order valence-corrected chi connectivity index (χ0v) is 12.0. The summed E-state index contributed by atoms with van der Waals surface area (Å²) in [6.45, 7) is 1.50. The van der Waals surface area contributed by atoms with Crippen LogP contribution in [-0.2, 0) is 6.61 Å². The highest BCUT2D eigenvalue weighted by molar-refractivity contribution is 6.31. The molecule has 0 radical (unpaired) electrons. The normalized spacial score (nSPS) is 10.2. The van der Waals surface area contributed by atoms with E-state index in [2.05, 4.69) is 0 Å². The molecule has 6 heteroatoms. The summed E-state index contributed by atoms with van der Waals surface area (Å²) in [5, 5.41) is 11.4. The molecule has 0 aliphatic rings. The molecule has 2 rings (SSSR count). The first-order chi connectivity index (χ1) is 9.99. The number of hydrogen-bond donors (Lipinski definition) is 0. The molecule has 0 N–H and O–H groups in total. The Labute approximate surface area is 126 Å². The number of ether oxygens (including phenoxy) is 1. The lowest BCUT2D eigenvalue weighted by Gasteiger charge is -2.08. The van der Waals surface area contributed by atoms with Crippen molar-refractivity contribution in [3.63, 3.8) is 0 Å². The summed E-state index contributed by atoms with van der Waals surface area (Å²) in [4.78, 5) is 21.7. The van der Waals surface area contributed by atoms with Gasteiger partial charge in [-0.2, -0.15) is 0 Å². The zero-order chi connectivity index (χ0) is 15.4. The van der Waals surface area contributed by atoms with Gasteiger partial charge in [0, 0.05) is 16.7 Å². The van der Waals surface area contributed by atoms with Crippen molar-refractivity contribution in [2.24, 2.45) is 0 Å². The molecule has 0 aliphatic carbocycles. The molecule has 0 aromatic heterocycles. The molecule has 0 saturated heterocycles. The van der Waals surface area contributed by atoms with Gasteiger partial charge in [-0.25, -0.2) is 0 Å². The Hall–Kier alpha value is -2.40. The maximum Gasteiger partial charge on any atom is 0.280 e. The number of carbonyl (C=O) groups excluding carboxylic acids is 1. The van der Waals surface area contributed by atoms with Gasteiger partial charge in [0.25, 0.3) is 5.69 Å². The summed E-state index contributed by atoms with van der Waals surface area (Å²) in [7, 11) is 0. The van der Waals surface area contributed by atoms with Gasteiger partial charge in [-0.15, -0.1) is 0 Å². The highest BCUT2D eigenvalue weighted by Crippen LogP contribution is 2.26. The molecule has 0 amide bonds. The number of nitrogens with zero attached hydrogens (tertiary/aromatic N) is 1. The topological polar surface area (TPSA) is 69.4 Å². The van der Waals surface area contributed by atoms with Crippen LogP contribution < -0.4 is 4.74 Å². The molecule has 108 valence electrons. The predicted molar refractivity (Wildman–Crippen MR) is 78.9 cm³/mol. The average Bonchev–Trinajstić information content (AvgIpc) is 2.46. The molecular formula is C15H12ClNO4. The minimum Gasteiger partial charge on any atom is -0.489 e. The molecule has 21 heavy (non-hydrogen) atoms. The number of nitro benzene ring substituents is 1. The average molecular weight is 306 g/mol. The first kappa shape index (κ1) is 15.0. The number of ketones is 1. The first-order valence-corrected chi connectivity index (χ1v) is 6.52. The van der Waals surface area contributed by atoms with Gasteiger partial charge in [-0.1, -0.05) is 29.8 Å². The van der Waals surface area contributed by atoms with E-state index in [1.807, 2.05) is 18.2 Å². The monoisotopic (exact) mass is 305 g/mol. The van der Waals surface area contributed by atoms with Crippen LogP contribution in [0.15, 0.2) is 42.5 Å². The lowest BCUT2D eigenvalue weighted by molar-refractivity contribution is -0.385. The van der Waals surface area contributed by atoms with Crippen LogP contribution in [0, 0.1) is 10.1 Å². The van der Waals surface area contributed by atoms with E-state index in [9.17, 15) is 14.9 Å². The van der Waals surface area contributed by atoms with E-state index in [1.54, 1.807) is 6.07 Å². The number of rotatable bonds is 5. The van der Waals surface area contributed by atoms with Gasteiger partial charge in [0.1, 0.15) is 12.4 Å². The molecule has 0 saturated carbocycles. The molecule has 0 bridgehead atoms. The van der Waals surface area contributed by atoms with Gasteiger partial charge < -0.3 is 4.74 Å². The number of nitro groups is 1. The second-order valence-corrected chi connectivity index (χ2v) is 4.78. The van der Waals surface area contributed by atoms with Gasteiger partial charge in [0.15, 0.2) is 5.78 Å². The second kappa shape index (κ2) is 6.37. The van der Waals surface area contributed by atoms with Crippen LogP contribution in [0.5, 0.6) is 5.75 Å². The zero-order valence-electron chi connectivity index (χ0n) is 11.2. The van der Waals surface area contributed by atoms with E-state index in [-0.39, 0.29) is 23.6 Å². The van der Waals surface area contributed by atoms with Gasteiger partial charge in [-0.05, 0) is 25.1 Å². The Balaban J connectivity index is 2.22. The van der Waals surface area contributed by atoms with E-state index < -0.39 is 4.92 Å². The second-order valence-electron chi connectivity index (χ2n) is 4.37. The summed E-state index contributed by atoms with van der Waals surface area (Å²) in [6.07, 6.45) is 0. The molecule has 5 nitrogen and oxygen atoms in total. The lowest BCUT2D eigenvalue weighted by atomic mass is 10.1. The van der Waals surface area contributed by atoms with Crippen LogP contribution in [0.25, 0.3) is 0 Å². The van der Waals surface area contributed by atoms with E-state index in [4.69, 9.17) is 16.3 Å². The van der Waals surface area contributed by atoms with Crippen molar-refractivity contribution in [2.45, 2.75) is 13.5 Å². The molecule has 2 aromatic rings. The van der Waals surface area contributed by atoms with Crippen LogP contribution in [0.2, 0.25) is 5.02 Å². The van der Waals surface area contributed by atoms with E-state index in [1.165, 1.54) is 25.1 Å². The third-order valence-electron chi connectivity index (χ3n) is 2.90. The summed E-state index contributed by atoms with van der Waals surface area (Å²) in [5.74, 6) is -0.00406. The molecule has 0 heterocycles. The Morgan fingerprint density at radius 2 is 2.00 bits per heavy atom. The predicted octanol–water partition coefficient (Wildman–Crippen LogP) is 4.03. The fourth-order valence-corrected chi connectivity index (χ4v) is 2.01. The number of benzene rings is 2. The molecule has 0 atom stereocenters. The summed E-state index contributed by atoms with van der Waals surface area (Å²) >= 11 is 6.02. The van der Waals surface area contributed by atoms with E-state index in [0.29, 0.717) is 10.8 Å². The van der Waals surface area contributed by atoms with E-state index >= 15 is 0 Å². The Kier molecular flexibility index (Phi) is 4.55. The van der Waals surface area contributed by atoms with Gasteiger partial charge in [0.2, 0.25) is 0 Å². The molecule has 0 aliphatic heterocycles. The lowest BCUT2D eigenvalue weighted by Crippen LogP contribution is -2.02. The molecule has 2 aromatic carbocycles. The van der Waals surface area contributed by atoms with Crippen LogP contribution in [-0.4, -0.2) is 10.7 Å². The molecule has 0 spiro atoms. The Morgan fingerprint density at radius 1 is 1.29 bits per heavy atom. The van der Waals surface area contributed by atoms with Gasteiger partial charge >= 0.3 is 0 Å². The SMILES string of the molecule is CC(=O)c1cc(OCc2ccccc2Cl)ccc1[N+](=O)[O-]. The molecular weight excluding hydrogens is 294 g/mol. The smallest absolute Gasteiger partial charge is 0.280 e. The van der Waals surface area contributed by atoms with Crippen molar-refractivity contribution < 1.29 is 14.5 Å². The van der Waals surface area contributed by atoms with Gasteiger partial charge in [0.05, 0.1) is 10.5 Å². The molecule has 0 fully saturated rings. The van der Waals surface area contributed by atoms with Gasteiger partial charge in [-0.3, -0.25) is 14.9 Å². The first-order valence-electron chi connectivity index (χ1n) is 6.14. The van der Waals surface area contributed by atoms with Crippen LogP contribution in [0.1, 0.15) is 22.8 Å². The molecule has 0 unspecified atom stereocenters. The quantitative estimate of drug-likeness (QED) is 0.475. The largest absolute Gasteiger partial charge is 0.489 e. The highest BCUT2D eigenvalue weighted by atomic mass is 35.5. The van der Waals surface area contributed by atoms with Crippen molar-refractivity contribution >= 4 is 23.1 Å². The van der Waals surface area contributed by atoms with Crippen molar-refractivity contribution in [3.8, 4) is 5.75 Å². The fourth-order valence-electron chi connectivity index (χ4n) is 1.82.